The Kier molecular flexibility index (Phi) is 4.46. The van der Waals surface area contributed by atoms with Crippen LogP contribution in [-0.2, 0) is 0 Å². The summed E-state index contributed by atoms with van der Waals surface area (Å²) in [6.07, 6.45) is 0. The van der Waals surface area contributed by atoms with Gasteiger partial charge in [0, 0.05) is 12.4 Å². The van der Waals surface area contributed by atoms with E-state index in [2.05, 4.69) is 10.2 Å². The lowest BCUT2D eigenvalue weighted by molar-refractivity contribution is 0.0769. The van der Waals surface area contributed by atoms with E-state index in [0.29, 0.717) is 12.2 Å². The fraction of sp³-hybridized carbons (Fsp3) is 0.222. The highest BCUT2D eigenvalue weighted by molar-refractivity contribution is 6.04. The summed E-state index contributed by atoms with van der Waals surface area (Å²) in [5.41, 5.74) is 2.26. The summed E-state index contributed by atoms with van der Waals surface area (Å²) in [6.45, 7) is 2.49. The normalized spacial score (nSPS) is 10.8. The topological polar surface area (TPSA) is 58.2 Å². The van der Waals surface area contributed by atoms with Crippen molar-refractivity contribution >= 4 is 16.8 Å². The molecule has 0 saturated heterocycles. The molecule has 0 aliphatic carbocycles. The zero-order chi connectivity index (χ0) is 17.1. The van der Waals surface area contributed by atoms with Gasteiger partial charge in [0.1, 0.15) is 6.61 Å². The van der Waals surface area contributed by atoms with Crippen LogP contribution in [0.15, 0.2) is 42.5 Å². The van der Waals surface area contributed by atoms with Gasteiger partial charge in [-0.05, 0) is 31.2 Å². The maximum absolute atomic E-state index is 13.5. The number of hydrogen-bond acceptors (Lipinski definition) is 3. The molecule has 1 N–H and O–H groups in total. The third kappa shape index (κ3) is 3.22. The van der Waals surface area contributed by atoms with Gasteiger partial charge in [-0.3, -0.25) is 9.89 Å². The van der Waals surface area contributed by atoms with Gasteiger partial charge < -0.3 is 9.64 Å². The number of carbonyl (C=O) groups is 1. The number of rotatable bonds is 5. The number of benzene rings is 2. The lowest BCUT2D eigenvalue weighted by Gasteiger charge is -2.16. The van der Waals surface area contributed by atoms with Crippen LogP contribution in [-0.4, -0.2) is 41.2 Å². The minimum absolute atomic E-state index is 0.180. The van der Waals surface area contributed by atoms with Gasteiger partial charge in [0.2, 0.25) is 0 Å². The Labute approximate surface area is 139 Å². The second-order valence-corrected chi connectivity index (χ2v) is 5.63. The SMILES string of the molecule is Cc1ccc2[nH]nc(C(=O)N(C)CCOc3ccccc3F)c2c1. The van der Waals surface area contributed by atoms with Gasteiger partial charge in [-0.2, -0.15) is 5.10 Å². The average Bonchev–Trinajstić information content (AvgIpc) is 2.98. The molecule has 0 bridgehead atoms. The maximum Gasteiger partial charge on any atom is 0.274 e. The van der Waals surface area contributed by atoms with E-state index in [1.807, 2.05) is 25.1 Å². The van der Waals surface area contributed by atoms with Crippen LogP contribution >= 0.6 is 0 Å². The van der Waals surface area contributed by atoms with Crippen LogP contribution in [0.5, 0.6) is 5.75 Å². The standard InChI is InChI=1S/C18H18FN3O2/c1-12-7-8-15-13(11-12)17(21-20-15)18(23)22(2)9-10-24-16-6-4-3-5-14(16)19/h3-8,11H,9-10H2,1-2H3,(H,20,21). The third-order valence-electron chi connectivity index (χ3n) is 3.79. The summed E-state index contributed by atoms with van der Waals surface area (Å²) in [5.74, 6) is -0.441. The van der Waals surface area contributed by atoms with E-state index < -0.39 is 5.82 Å². The molecule has 124 valence electrons. The Bertz CT molecular complexity index is 876. The van der Waals surface area contributed by atoms with Crippen molar-refractivity contribution < 1.29 is 13.9 Å². The molecule has 0 radical (unpaired) electrons. The number of likely N-dealkylation sites (N-methyl/N-ethyl adjacent to an activating group) is 1. The number of aromatic nitrogens is 2. The number of para-hydroxylation sites is 1. The zero-order valence-corrected chi connectivity index (χ0v) is 13.5. The van der Waals surface area contributed by atoms with Gasteiger partial charge in [0.05, 0.1) is 12.1 Å². The number of aromatic amines is 1. The number of nitrogens with one attached hydrogen (secondary N) is 1. The molecule has 1 amide bonds. The van der Waals surface area contributed by atoms with E-state index in [1.54, 1.807) is 25.2 Å². The Balaban J connectivity index is 1.66. The van der Waals surface area contributed by atoms with E-state index in [-0.39, 0.29) is 18.3 Å². The Morgan fingerprint density at radius 1 is 1.29 bits per heavy atom. The fourth-order valence-corrected chi connectivity index (χ4v) is 2.43. The molecule has 3 rings (SSSR count). The molecule has 0 aliphatic heterocycles. The predicted molar refractivity (Wildman–Crippen MR) is 89.7 cm³/mol. The summed E-state index contributed by atoms with van der Waals surface area (Å²) in [6, 6.07) is 12.0. The molecule has 1 heterocycles. The molecular weight excluding hydrogens is 309 g/mol. The van der Waals surface area contributed by atoms with Gasteiger partial charge >= 0.3 is 0 Å². The molecule has 0 fully saturated rings. The molecule has 0 spiro atoms. The molecule has 2 aromatic carbocycles. The van der Waals surface area contributed by atoms with Gasteiger partial charge in [-0.1, -0.05) is 23.8 Å². The van der Waals surface area contributed by atoms with Crippen LogP contribution in [0.2, 0.25) is 0 Å². The van der Waals surface area contributed by atoms with Crippen LogP contribution in [0.25, 0.3) is 10.9 Å². The lowest BCUT2D eigenvalue weighted by atomic mass is 10.1. The van der Waals surface area contributed by atoms with Crippen LogP contribution in [0.3, 0.4) is 0 Å². The summed E-state index contributed by atoms with van der Waals surface area (Å²) < 4.78 is 18.9. The molecule has 0 saturated carbocycles. The molecule has 6 heteroatoms. The molecule has 0 aliphatic rings. The Morgan fingerprint density at radius 3 is 2.88 bits per heavy atom. The first-order chi connectivity index (χ1) is 11.6. The monoisotopic (exact) mass is 327 g/mol. The van der Waals surface area contributed by atoms with E-state index in [1.165, 1.54) is 11.0 Å². The van der Waals surface area contributed by atoms with Crippen molar-refractivity contribution in [1.82, 2.24) is 15.1 Å². The zero-order valence-electron chi connectivity index (χ0n) is 13.5. The van der Waals surface area contributed by atoms with Crippen LogP contribution < -0.4 is 4.74 Å². The number of H-pyrrole nitrogens is 1. The number of halogens is 1. The smallest absolute Gasteiger partial charge is 0.274 e. The molecule has 1 aromatic heterocycles. The Hall–Kier alpha value is -2.89. The van der Waals surface area contributed by atoms with Gasteiger partial charge in [0.25, 0.3) is 5.91 Å². The second kappa shape index (κ2) is 6.70. The van der Waals surface area contributed by atoms with Crippen molar-refractivity contribution in [3.63, 3.8) is 0 Å². The van der Waals surface area contributed by atoms with Crippen molar-refractivity contribution in [2.75, 3.05) is 20.2 Å². The van der Waals surface area contributed by atoms with Crippen LogP contribution in [0.4, 0.5) is 4.39 Å². The summed E-state index contributed by atoms with van der Waals surface area (Å²) in [7, 11) is 1.67. The van der Waals surface area contributed by atoms with E-state index in [0.717, 1.165) is 16.5 Å². The molecule has 24 heavy (non-hydrogen) atoms. The van der Waals surface area contributed by atoms with Crippen molar-refractivity contribution in [3.05, 3.63) is 59.5 Å². The van der Waals surface area contributed by atoms with Crippen LogP contribution in [0, 0.1) is 12.7 Å². The van der Waals surface area contributed by atoms with E-state index in [9.17, 15) is 9.18 Å². The van der Waals surface area contributed by atoms with Gasteiger partial charge in [-0.15, -0.1) is 0 Å². The van der Waals surface area contributed by atoms with E-state index >= 15 is 0 Å². The summed E-state index contributed by atoms with van der Waals surface area (Å²) in [4.78, 5) is 14.1. The highest BCUT2D eigenvalue weighted by Crippen LogP contribution is 2.19. The molecule has 5 nitrogen and oxygen atoms in total. The third-order valence-corrected chi connectivity index (χ3v) is 3.79. The predicted octanol–water partition coefficient (Wildman–Crippen LogP) is 3.16. The second-order valence-electron chi connectivity index (χ2n) is 5.63. The first-order valence-corrected chi connectivity index (χ1v) is 7.64. The van der Waals surface area contributed by atoms with Gasteiger partial charge in [-0.25, -0.2) is 4.39 Å². The number of amides is 1. The Morgan fingerprint density at radius 2 is 2.08 bits per heavy atom. The van der Waals surface area contributed by atoms with Crippen molar-refractivity contribution in [3.8, 4) is 5.75 Å². The quantitative estimate of drug-likeness (QED) is 0.783. The molecule has 0 atom stereocenters. The maximum atomic E-state index is 13.5. The molecular formula is C18H18FN3O2. The first kappa shape index (κ1) is 16.0. The van der Waals surface area contributed by atoms with Crippen LogP contribution in [0.1, 0.15) is 16.1 Å². The van der Waals surface area contributed by atoms with Crippen molar-refractivity contribution in [2.24, 2.45) is 0 Å². The largest absolute Gasteiger partial charge is 0.489 e. The number of fused-ring (bicyclic) bond motifs is 1. The number of hydrogen-bond donors (Lipinski definition) is 1. The number of nitrogens with zero attached hydrogens (tertiary/aromatic N) is 2. The summed E-state index contributed by atoms with van der Waals surface area (Å²) >= 11 is 0. The number of aryl methyl sites for hydroxylation is 1. The molecule has 3 aromatic rings. The molecule has 0 unspecified atom stereocenters. The first-order valence-electron chi connectivity index (χ1n) is 7.64. The lowest BCUT2D eigenvalue weighted by Crippen LogP contribution is -2.31. The summed E-state index contributed by atoms with van der Waals surface area (Å²) in [5, 5.41) is 7.78. The highest BCUT2D eigenvalue weighted by Gasteiger charge is 2.18. The minimum atomic E-state index is -0.416. The fourth-order valence-electron chi connectivity index (χ4n) is 2.43. The highest BCUT2D eigenvalue weighted by atomic mass is 19.1. The van der Waals surface area contributed by atoms with E-state index in [4.69, 9.17) is 4.74 Å². The number of carbonyl (C=O) groups excluding carboxylic acids is 1. The van der Waals surface area contributed by atoms with Crippen molar-refractivity contribution in [1.29, 1.82) is 0 Å². The number of ether oxygens (including phenoxy) is 1. The van der Waals surface area contributed by atoms with Crippen molar-refractivity contribution in [2.45, 2.75) is 6.92 Å². The van der Waals surface area contributed by atoms with Gasteiger partial charge in [0.15, 0.2) is 17.3 Å². The minimum Gasteiger partial charge on any atom is -0.489 e. The average molecular weight is 327 g/mol.